The van der Waals surface area contributed by atoms with E-state index in [9.17, 15) is 9.90 Å². The Morgan fingerprint density at radius 2 is 2.16 bits per heavy atom. The van der Waals surface area contributed by atoms with Gasteiger partial charge in [-0.2, -0.15) is 0 Å². The van der Waals surface area contributed by atoms with Gasteiger partial charge < -0.3 is 20.8 Å². The van der Waals surface area contributed by atoms with Crippen LogP contribution >= 0.6 is 0 Å². The third-order valence-electron chi connectivity index (χ3n) is 3.69. The summed E-state index contributed by atoms with van der Waals surface area (Å²) in [7, 11) is 0. The molecule has 19 heavy (non-hydrogen) atoms. The van der Waals surface area contributed by atoms with Gasteiger partial charge in [-0.05, 0) is 31.0 Å². The highest BCUT2D eigenvalue weighted by Gasteiger charge is 2.21. The molecular formula is C14H20N2O3. The number of carbonyl (C=O) groups is 1. The van der Waals surface area contributed by atoms with E-state index in [1.165, 1.54) is 6.07 Å². The molecule has 1 aliphatic rings. The van der Waals surface area contributed by atoms with E-state index in [2.05, 4.69) is 4.90 Å². The summed E-state index contributed by atoms with van der Waals surface area (Å²) in [5, 5.41) is 18.5. The summed E-state index contributed by atoms with van der Waals surface area (Å²) >= 11 is 0. The number of aliphatic hydroxyl groups is 1. The molecule has 0 spiro atoms. The molecule has 1 aromatic rings. The second-order valence-corrected chi connectivity index (χ2v) is 4.96. The molecule has 1 heterocycles. The first-order chi connectivity index (χ1) is 9.13. The van der Waals surface area contributed by atoms with Gasteiger partial charge in [0.2, 0.25) is 0 Å². The maximum absolute atomic E-state index is 11.0. The molecule has 0 aliphatic carbocycles. The largest absolute Gasteiger partial charge is 0.478 e. The van der Waals surface area contributed by atoms with Gasteiger partial charge in [-0.15, -0.1) is 0 Å². The maximum Gasteiger partial charge on any atom is 0.337 e. The van der Waals surface area contributed by atoms with Crippen LogP contribution in [0.2, 0.25) is 0 Å². The van der Waals surface area contributed by atoms with Gasteiger partial charge in [0.05, 0.1) is 18.2 Å². The molecule has 0 radical (unpaired) electrons. The van der Waals surface area contributed by atoms with Gasteiger partial charge in [0, 0.05) is 17.9 Å². The van der Waals surface area contributed by atoms with Crippen molar-refractivity contribution in [2.45, 2.75) is 31.7 Å². The van der Waals surface area contributed by atoms with E-state index in [0.717, 1.165) is 37.9 Å². The van der Waals surface area contributed by atoms with Crippen molar-refractivity contribution in [3.63, 3.8) is 0 Å². The molecule has 104 valence electrons. The van der Waals surface area contributed by atoms with Gasteiger partial charge in [-0.25, -0.2) is 4.79 Å². The highest BCUT2D eigenvalue weighted by Crippen LogP contribution is 2.27. The Bertz CT molecular complexity index is 462. The molecule has 2 rings (SSSR count). The van der Waals surface area contributed by atoms with E-state index >= 15 is 0 Å². The number of hydrogen-bond donors (Lipinski definition) is 3. The highest BCUT2D eigenvalue weighted by atomic mass is 16.4. The van der Waals surface area contributed by atoms with E-state index < -0.39 is 5.97 Å². The summed E-state index contributed by atoms with van der Waals surface area (Å²) in [5.74, 6) is -1.02. The standard InChI is InChI=1S/C14H20N2O3/c15-13-8-10(5-6-12(13)14(18)19)16-7-3-1-2-4-11(16)9-17/h5-6,8,11,17H,1-4,7,9,15H2,(H,18,19). The Kier molecular flexibility index (Phi) is 4.27. The van der Waals surface area contributed by atoms with Crippen LogP contribution in [-0.4, -0.2) is 35.4 Å². The molecule has 1 aromatic carbocycles. The van der Waals surface area contributed by atoms with Crippen molar-refractivity contribution in [1.29, 1.82) is 0 Å². The molecule has 0 aromatic heterocycles. The van der Waals surface area contributed by atoms with Crippen molar-refractivity contribution in [3.8, 4) is 0 Å². The topological polar surface area (TPSA) is 86.8 Å². The van der Waals surface area contributed by atoms with Crippen molar-refractivity contribution in [1.82, 2.24) is 0 Å². The SMILES string of the molecule is Nc1cc(N2CCCCCC2CO)ccc1C(=O)O. The van der Waals surface area contributed by atoms with Crippen molar-refractivity contribution < 1.29 is 15.0 Å². The van der Waals surface area contributed by atoms with Gasteiger partial charge >= 0.3 is 5.97 Å². The van der Waals surface area contributed by atoms with E-state index in [4.69, 9.17) is 10.8 Å². The Morgan fingerprint density at radius 1 is 1.37 bits per heavy atom. The average molecular weight is 264 g/mol. The Hall–Kier alpha value is -1.75. The summed E-state index contributed by atoms with van der Waals surface area (Å²) in [5.41, 5.74) is 7.07. The molecule has 1 saturated heterocycles. The first-order valence-electron chi connectivity index (χ1n) is 6.64. The molecule has 4 N–H and O–H groups in total. The van der Waals surface area contributed by atoms with Gasteiger partial charge in [0.15, 0.2) is 0 Å². The first-order valence-corrected chi connectivity index (χ1v) is 6.64. The number of benzene rings is 1. The van der Waals surface area contributed by atoms with Crippen LogP contribution in [0.25, 0.3) is 0 Å². The number of rotatable bonds is 3. The molecule has 5 nitrogen and oxygen atoms in total. The Labute approximate surface area is 112 Å². The van der Waals surface area contributed by atoms with Crippen LogP contribution in [0, 0.1) is 0 Å². The molecule has 0 amide bonds. The molecule has 0 bridgehead atoms. The molecule has 5 heteroatoms. The fourth-order valence-electron chi connectivity index (χ4n) is 2.63. The van der Waals surface area contributed by atoms with Crippen LogP contribution in [-0.2, 0) is 0 Å². The minimum absolute atomic E-state index is 0.0950. The predicted octanol–water partition coefficient (Wildman–Crippen LogP) is 1.71. The van der Waals surface area contributed by atoms with Crippen LogP contribution in [0.3, 0.4) is 0 Å². The van der Waals surface area contributed by atoms with Crippen molar-refractivity contribution in [2.75, 3.05) is 23.8 Å². The number of carboxylic acids is 1. The van der Waals surface area contributed by atoms with Gasteiger partial charge in [-0.3, -0.25) is 0 Å². The quantitative estimate of drug-likeness (QED) is 0.723. The zero-order valence-corrected chi connectivity index (χ0v) is 10.9. The number of hydrogen-bond acceptors (Lipinski definition) is 4. The highest BCUT2D eigenvalue weighted by molar-refractivity contribution is 5.94. The normalized spacial score (nSPS) is 20.1. The lowest BCUT2D eigenvalue weighted by atomic mass is 10.1. The zero-order valence-electron chi connectivity index (χ0n) is 10.9. The minimum Gasteiger partial charge on any atom is -0.478 e. The summed E-state index contributed by atoms with van der Waals surface area (Å²) in [6.07, 6.45) is 4.31. The lowest BCUT2D eigenvalue weighted by Gasteiger charge is -2.31. The van der Waals surface area contributed by atoms with Crippen molar-refractivity contribution in [3.05, 3.63) is 23.8 Å². The summed E-state index contributed by atoms with van der Waals surface area (Å²) in [4.78, 5) is 13.1. The third-order valence-corrected chi connectivity index (χ3v) is 3.69. The van der Waals surface area contributed by atoms with E-state index in [1.807, 2.05) is 0 Å². The number of aromatic carboxylic acids is 1. The second kappa shape index (κ2) is 5.93. The molecule has 0 saturated carbocycles. The van der Waals surface area contributed by atoms with Gasteiger partial charge in [0.25, 0.3) is 0 Å². The first kappa shape index (κ1) is 13.7. The number of anilines is 2. The molecule has 1 atom stereocenters. The monoisotopic (exact) mass is 264 g/mol. The van der Waals surface area contributed by atoms with E-state index in [1.54, 1.807) is 12.1 Å². The summed E-state index contributed by atoms with van der Waals surface area (Å²) in [6, 6.07) is 5.09. The van der Waals surface area contributed by atoms with Crippen LogP contribution in [0.4, 0.5) is 11.4 Å². The second-order valence-electron chi connectivity index (χ2n) is 4.96. The average Bonchev–Trinajstić information content (AvgIpc) is 2.63. The van der Waals surface area contributed by atoms with Crippen LogP contribution < -0.4 is 10.6 Å². The zero-order chi connectivity index (χ0) is 13.8. The number of nitrogens with zero attached hydrogens (tertiary/aromatic N) is 1. The predicted molar refractivity (Wildman–Crippen MR) is 74.5 cm³/mol. The molecule has 1 unspecified atom stereocenters. The summed E-state index contributed by atoms with van der Waals surface area (Å²) < 4.78 is 0. The lowest BCUT2D eigenvalue weighted by molar-refractivity contribution is 0.0698. The minimum atomic E-state index is -1.02. The fourth-order valence-corrected chi connectivity index (χ4v) is 2.63. The number of carboxylic acid groups (broad SMARTS) is 1. The van der Waals surface area contributed by atoms with Crippen LogP contribution in [0.15, 0.2) is 18.2 Å². The number of aliphatic hydroxyl groups excluding tert-OH is 1. The van der Waals surface area contributed by atoms with Crippen molar-refractivity contribution in [2.24, 2.45) is 0 Å². The fraction of sp³-hybridized carbons (Fsp3) is 0.500. The molecule has 1 fully saturated rings. The maximum atomic E-state index is 11.0. The molecule has 1 aliphatic heterocycles. The van der Waals surface area contributed by atoms with Gasteiger partial charge in [0.1, 0.15) is 0 Å². The van der Waals surface area contributed by atoms with Crippen LogP contribution in [0.5, 0.6) is 0 Å². The van der Waals surface area contributed by atoms with E-state index in [-0.39, 0.29) is 23.9 Å². The Balaban J connectivity index is 2.28. The van der Waals surface area contributed by atoms with Gasteiger partial charge in [-0.1, -0.05) is 12.8 Å². The Morgan fingerprint density at radius 3 is 2.79 bits per heavy atom. The smallest absolute Gasteiger partial charge is 0.337 e. The number of nitrogen functional groups attached to an aromatic ring is 1. The van der Waals surface area contributed by atoms with Crippen molar-refractivity contribution >= 4 is 17.3 Å². The number of nitrogens with two attached hydrogens (primary N) is 1. The van der Waals surface area contributed by atoms with E-state index in [0.29, 0.717) is 0 Å². The third kappa shape index (κ3) is 2.98. The summed E-state index contributed by atoms with van der Waals surface area (Å²) in [6.45, 7) is 0.984. The lowest BCUT2D eigenvalue weighted by Crippen LogP contribution is -2.37. The molecular weight excluding hydrogens is 244 g/mol. The van der Waals surface area contributed by atoms with Crippen LogP contribution in [0.1, 0.15) is 36.0 Å².